The van der Waals surface area contributed by atoms with Crippen LogP contribution in [0.5, 0.6) is 0 Å². The maximum absolute atomic E-state index is 12.1. The fourth-order valence-corrected chi connectivity index (χ4v) is 2.75. The number of nitrogens with one attached hydrogen (secondary N) is 1. The molecule has 0 unspecified atom stereocenters. The highest BCUT2D eigenvalue weighted by molar-refractivity contribution is 14.1. The minimum atomic E-state index is -0.907. The van der Waals surface area contributed by atoms with Gasteiger partial charge < -0.3 is 15.2 Å². The molecule has 108 valence electrons. The number of benzene rings is 1. The molecule has 0 radical (unpaired) electrons. The Labute approximate surface area is 130 Å². The summed E-state index contributed by atoms with van der Waals surface area (Å²) >= 11 is 2.13. The van der Waals surface area contributed by atoms with E-state index in [1.54, 1.807) is 18.2 Å². The number of carboxylic acids is 1. The Morgan fingerprint density at radius 1 is 1.35 bits per heavy atom. The van der Waals surface area contributed by atoms with Gasteiger partial charge in [0.2, 0.25) is 0 Å². The summed E-state index contributed by atoms with van der Waals surface area (Å²) in [7, 11) is 0. The van der Waals surface area contributed by atoms with Crippen LogP contribution in [0, 0.1) is 8.99 Å². The van der Waals surface area contributed by atoms with Crippen LogP contribution in [0.25, 0.3) is 0 Å². The Morgan fingerprint density at radius 3 is 2.65 bits per heavy atom. The van der Waals surface area contributed by atoms with Crippen LogP contribution in [0.2, 0.25) is 0 Å². The largest absolute Gasteiger partial charge is 0.481 e. The Hall–Kier alpha value is -1.15. The molecule has 2 N–H and O–H groups in total. The number of hydrogen-bond donors (Lipinski definition) is 2. The Morgan fingerprint density at radius 2 is 2.05 bits per heavy atom. The van der Waals surface area contributed by atoms with E-state index >= 15 is 0 Å². The zero-order chi connectivity index (χ0) is 14.6. The van der Waals surface area contributed by atoms with Crippen molar-refractivity contribution in [2.75, 3.05) is 19.8 Å². The van der Waals surface area contributed by atoms with E-state index in [-0.39, 0.29) is 12.5 Å². The average Bonchev–Trinajstić information content (AvgIpc) is 2.45. The van der Waals surface area contributed by atoms with E-state index in [4.69, 9.17) is 4.74 Å². The molecule has 2 rings (SSSR count). The van der Waals surface area contributed by atoms with Gasteiger partial charge in [0, 0.05) is 28.9 Å². The first-order chi connectivity index (χ1) is 9.53. The first-order valence-electron chi connectivity index (χ1n) is 6.38. The lowest BCUT2D eigenvalue weighted by atomic mass is 9.80. The summed E-state index contributed by atoms with van der Waals surface area (Å²) in [5, 5.41) is 12.1. The van der Waals surface area contributed by atoms with Gasteiger partial charge in [-0.3, -0.25) is 9.59 Å². The zero-order valence-electron chi connectivity index (χ0n) is 10.9. The molecule has 1 heterocycles. The number of hydrogen-bond acceptors (Lipinski definition) is 3. The van der Waals surface area contributed by atoms with Gasteiger partial charge in [-0.2, -0.15) is 0 Å². The van der Waals surface area contributed by atoms with Gasteiger partial charge in [-0.15, -0.1) is 0 Å². The third-order valence-electron chi connectivity index (χ3n) is 3.58. The van der Waals surface area contributed by atoms with E-state index in [9.17, 15) is 14.7 Å². The fraction of sp³-hybridized carbons (Fsp3) is 0.429. The van der Waals surface area contributed by atoms with Crippen LogP contribution in [0.1, 0.15) is 23.2 Å². The molecule has 0 atom stereocenters. The normalized spacial score (nSPS) is 17.4. The molecule has 0 saturated carbocycles. The zero-order valence-corrected chi connectivity index (χ0v) is 13.1. The number of ether oxygens (including phenoxy) is 1. The van der Waals surface area contributed by atoms with E-state index in [2.05, 4.69) is 27.9 Å². The second-order valence-corrected chi connectivity index (χ2v) is 6.14. The lowest BCUT2D eigenvalue weighted by Crippen LogP contribution is -2.46. The molecule has 0 aromatic heterocycles. The first-order valence-corrected chi connectivity index (χ1v) is 7.46. The summed E-state index contributed by atoms with van der Waals surface area (Å²) in [6.45, 7) is 0.979. The predicted molar refractivity (Wildman–Crippen MR) is 81.6 cm³/mol. The van der Waals surface area contributed by atoms with Crippen molar-refractivity contribution in [1.82, 2.24) is 5.32 Å². The quantitative estimate of drug-likeness (QED) is 0.772. The van der Waals surface area contributed by atoms with Gasteiger partial charge in [0.1, 0.15) is 0 Å². The lowest BCUT2D eigenvalue weighted by Gasteiger charge is -2.33. The topological polar surface area (TPSA) is 75.6 Å². The number of amides is 1. The molecular formula is C14H16INO4. The molecule has 0 bridgehead atoms. The summed E-state index contributed by atoms with van der Waals surface area (Å²) in [5.41, 5.74) is -0.361. The molecule has 5 nitrogen and oxygen atoms in total. The van der Waals surface area contributed by atoms with Gasteiger partial charge >= 0.3 is 5.97 Å². The molecule has 1 aromatic rings. The second kappa shape index (κ2) is 6.53. The second-order valence-electron chi connectivity index (χ2n) is 4.89. The molecule has 1 aliphatic heterocycles. The number of carboxylic acid groups (broad SMARTS) is 1. The van der Waals surface area contributed by atoms with Gasteiger partial charge in [0.25, 0.3) is 5.91 Å². The lowest BCUT2D eigenvalue weighted by molar-refractivity contribution is -0.154. The maximum Gasteiger partial charge on any atom is 0.311 e. The Kier molecular flexibility index (Phi) is 4.98. The van der Waals surface area contributed by atoms with Crippen molar-refractivity contribution in [2.45, 2.75) is 12.8 Å². The van der Waals surface area contributed by atoms with Gasteiger partial charge in [-0.05, 0) is 53.6 Å². The number of halogens is 1. The molecule has 1 saturated heterocycles. The van der Waals surface area contributed by atoms with Crippen molar-refractivity contribution < 1.29 is 19.4 Å². The molecule has 20 heavy (non-hydrogen) atoms. The highest BCUT2D eigenvalue weighted by Crippen LogP contribution is 2.30. The summed E-state index contributed by atoms with van der Waals surface area (Å²) in [4.78, 5) is 23.5. The summed E-state index contributed by atoms with van der Waals surface area (Å²) in [6, 6.07) is 7.19. The summed E-state index contributed by atoms with van der Waals surface area (Å²) in [6.07, 6.45) is 0.851. The predicted octanol–water partition coefficient (Wildman–Crippen LogP) is 1.90. The minimum absolute atomic E-state index is 0.135. The van der Waals surface area contributed by atoms with Crippen LogP contribution in [-0.4, -0.2) is 36.7 Å². The Bertz CT molecular complexity index is 512. The monoisotopic (exact) mass is 389 g/mol. The van der Waals surface area contributed by atoms with E-state index in [1.807, 2.05) is 6.07 Å². The van der Waals surface area contributed by atoms with Gasteiger partial charge in [-0.1, -0.05) is 6.07 Å². The highest BCUT2D eigenvalue weighted by Gasteiger charge is 2.40. The molecule has 1 fully saturated rings. The van der Waals surface area contributed by atoms with Crippen LogP contribution in [0.15, 0.2) is 24.3 Å². The highest BCUT2D eigenvalue weighted by atomic mass is 127. The van der Waals surface area contributed by atoms with Crippen molar-refractivity contribution >= 4 is 34.5 Å². The molecule has 1 aromatic carbocycles. The van der Waals surface area contributed by atoms with Crippen molar-refractivity contribution in [1.29, 1.82) is 0 Å². The van der Waals surface area contributed by atoms with E-state index in [0.29, 0.717) is 31.6 Å². The SMILES string of the molecule is O=C(NCC1(C(=O)O)CCOCC1)c1cccc(I)c1. The van der Waals surface area contributed by atoms with E-state index in [1.165, 1.54) is 0 Å². The maximum atomic E-state index is 12.1. The standard InChI is InChI=1S/C14H16INO4/c15-11-3-1-2-10(8-11)12(17)16-9-14(13(18)19)4-6-20-7-5-14/h1-3,8H,4-7,9H2,(H,16,17)(H,18,19). The van der Waals surface area contributed by atoms with Crippen LogP contribution >= 0.6 is 22.6 Å². The first kappa shape index (κ1) is 15.2. The van der Waals surface area contributed by atoms with Gasteiger partial charge in [0.15, 0.2) is 0 Å². The molecule has 0 aliphatic carbocycles. The van der Waals surface area contributed by atoms with Crippen molar-refractivity contribution in [3.63, 3.8) is 0 Å². The van der Waals surface area contributed by atoms with Crippen molar-refractivity contribution in [3.05, 3.63) is 33.4 Å². The molecule has 1 aliphatic rings. The molecule has 6 heteroatoms. The molecule has 0 spiro atoms. The fourth-order valence-electron chi connectivity index (χ4n) is 2.21. The number of rotatable bonds is 4. The number of carbonyl (C=O) groups is 2. The third-order valence-corrected chi connectivity index (χ3v) is 4.25. The Balaban J connectivity index is 2.02. The smallest absolute Gasteiger partial charge is 0.311 e. The van der Waals surface area contributed by atoms with Crippen LogP contribution in [0.4, 0.5) is 0 Å². The average molecular weight is 389 g/mol. The summed E-state index contributed by atoms with van der Waals surface area (Å²) in [5.74, 6) is -1.11. The number of carbonyl (C=O) groups excluding carboxylic acids is 1. The van der Waals surface area contributed by atoms with Crippen molar-refractivity contribution in [3.8, 4) is 0 Å². The van der Waals surface area contributed by atoms with Crippen LogP contribution < -0.4 is 5.32 Å². The van der Waals surface area contributed by atoms with Crippen LogP contribution in [0.3, 0.4) is 0 Å². The molecule has 1 amide bonds. The van der Waals surface area contributed by atoms with Crippen LogP contribution in [-0.2, 0) is 9.53 Å². The van der Waals surface area contributed by atoms with Gasteiger partial charge in [-0.25, -0.2) is 0 Å². The molecular weight excluding hydrogens is 373 g/mol. The van der Waals surface area contributed by atoms with Crippen molar-refractivity contribution in [2.24, 2.45) is 5.41 Å². The van der Waals surface area contributed by atoms with E-state index in [0.717, 1.165) is 3.57 Å². The third kappa shape index (κ3) is 3.49. The number of aliphatic carboxylic acids is 1. The summed E-state index contributed by atoms with van der Waals surface area (Å²) < 4.78 is 6.17. The minimum Gasteiger partial charge on any atom is -0.481 e. The van der Waals surface area contributed by atoms with Gasteiger partial charge in [0.05, 0.1) is 5.41 Å². The van der Waals surface area contributed by atoms with E-state index < -0.39 is 11.4 Å².